The summed E-state index contributed by atoms with van der Waals surface area (Å²) in [5.41, 5.74) is -0.977. The zero-order valence-corrected chi connectivity index (χ0v) is 6.34. The lowest BCUT2D eigenvalue weighted by atomic mass is 10.3. The summed E-state index contributed by atoms with van der Waals surface area (Å²) in [6, 6.07) is 0. The molecule has 0 saturated heterocycles. The van der Waals surface area contributed by atoms with Crippen molar-refractivity contribution in [1.29, 1.82) is 5.41 Å². The van der Waals surface area contributed by atoms with Crippen molar-refractivity contribution in [3.8, 4) is 0 Å². The van der Waals surface area contributed by atoms with E-state index in [1.807, 2.05) is 0 Å². The van der Waals surface area contributed by atoms with Gasteiger partial charge in [0.2, 0.25) is 0 Å². The molecule has 0 amide bonds. The van der Waals surface area contributed by atoms with Crippen LogP contribution in [0.4, 0.5) is 0 Å². The molecule has 0 unspecified atom stereocenters. The smallest absolute Gasteiger partial charge is 0.0854 e. The van der Waals surface area contributed by atoms with E-state index >= 15 is 0 Å². The molecule has 0 rings (SSSR count). The monoisotopic (exact) mass is 165 g/mol. The fourth-order valence-electron chi connectivity index (χ4n) is 0.217. The molecule has 0 aromatic heterocycles. The van der Waals surface area contributed by atoms with Crippen LogP contribution in [0.5, 0.6) is 0 Å². The maximum Gasteiger partial charge on any atom is 0.0854 e. The first-order valence-electron chi connectivity index (χ1n) is 2.02. The Kier molecular flexibility index (Phi) is 9.83. The number of carboxylic acid groups (broad SMARTS) is 2. The van der Waals surface area contributed by atoms with Crippen molar-refractivity contribution in [2.45, 2.75) is 6.42 Å². The second-order valence-corrected chi connectivity index (χ2v) is 1.31. The number of quaternary nitrogens is 2. The Morgan fingerprint density at radius 2 is 1.55 bits per heavy atom. The summed E-state index contributed by atoms with van der Waals surface area (Å²) in [5.74, 6) is -3.37. The minimum Gasteiger partial charge on any atom is -0.550 e. The van der Waals surface area contributed by atoms with Crippen molar-refractivity contribution in [3.05, 3.63) is 0 Å². The van der Waals surface area contributed by atoms with E-state index in [4.69, 9.17) is 5.41 Å². The molecule has 0 radical (unpaired) electrons. The topological polar surface area (TPSA) is 177 Å². The predicted molar refractivity (Wildman–Crippen MR) is 34.3 cm³/mol. The van der Waals surface area contributed by atoms with Gasteiger partial charge in [-0.1, -0.05) is 0 Å². The molecule has 9 N–H and O–H groups in total. The van der Waals surface area contributed by atoms with Crippen LogP contribution in [0, 0.1) is 5.41 Å². The van der Waals surface area contributed by atoms with E-state index in [1.165, 1.54) is 0 Å². The largest absolute Gasteiger partial charge is 0.550 e. The van der Waals surface area contributed by atoms with Gasteiger partial charge in [0, 0.05) is 12.4 Å². The predicted octanol–water partition coefficient (Wildman–Crippen LogP) is -2.35. The molecule has 0 spiro atoms. The van der Waals surface area contributed by atoms with Gasteiger partial charge in [-0.05, 0) is 0 Å². The first-order valence-corrected chi connectivity index (χ1v) is 2.02. The molecule has 0 aromatic rings. The third-order valence-corrected chi connectivity index (χ3v) is 0.568. The van der Waals surface area contributed by atoms with Crippen LogP contribution >= 0.6 is 0 Å². The van der Waals surface area contributed by atoms with E-state index in [9.17, 15) is 19.8 Å². The lowest BCUT2D eigenvalue weighted by Gasteiger charge is -2.03. The van der Waals surface area contributed by atoms with E-state index in [2.05, 4.69) is 0 Å². The van der Waals surface area contributed by atoms with Crippen LogP contribution in [0.2, 0.25) is 0 Å². The number of carbonyl (C=O) groups excluding carboxylic acids is 2. The molecule has 7 nitrogen and oxygen atoms in total. The summed E-state index contributed by atoms with van der Waals surface area (Å²) >= 11 is 0. The van der Waals surface area contributed by atoms with Crippen molar-refractivity contribution < 1.29 is 19.8 Å². The SMILES string of the molecule is N=C(CC(=O)[O-])C(=O)[O-].[NH4+].[NH4+]. The standard InChI is InChI=1S/C4H5NO4.2H3N/c5-2(4(8)9)1-3(6)7;;/h5H,1H2,(H,6,7)(H,8,9);2*1H3. The van der Waals surface area contributed by atoms with E-state index in [-0.39, 0.29) is 12.3 Å². The third-order valence-electron chi connectivity index (χ3n) is 0.568. The first-order chi connectivity index (χ1) is 4.04. The zero-order valence-electron chi connectivity index (χ0n) is 6.34. The molecule has 0 atom stereocenters. The van der Waals surface area contributed by atoms with Crippen LogP contribution < -0.4 is 22.5 Å². The van der Waals surface area contributed by atoms with Gasteiger partial charge in [-0.2, -0.15) is 0 Å². The Morgan fingerprint density at radius 1 is 1.18 bits per heavy atom. The Labute approximate surface area is 62.7 Å². The van der Waals surface area contributed by atoms with Crippen LogP contribution in [0.1, 0.15) is 6.42 Å². The van der Waals surface area contributed by atoms with Crippen LogP contribution in [0.15, 0.2) is 0 Å². The molecule has 0 saturated carbocycles. The summed E-state index contributed by atoms with van der Waals surface area (Å²) < 4.78 is 0. The maximum absolute atomic E-state index is 9.61. The maximum atomic E-state index is 9.61. The van der Waals surface area contributed by atoms with Gasteiger partial charge >= 0.3 is 0 Å². The number of hydrogen-bond acceptors (Lipinski definition) is 5. The fourth-order valence-corrected chi connectivity index (χ4v) is 0.217. The molecule has 0 bridgehead atoms. The molecule has 7 heteroatoms. The van der Waals surface area contributed by atoms with Gasteiger partial charge < -0.3 is 37.5 Å². The highest BCUT2D eigenvalue weighted by Crippen LogP contribution is 1.77. The minimum absolute atomic E-state index is 0. The summed E-state index contributed by atoms with van der Waals surface area (Å²) in [5, 5.41) is 25.6. The summed E-state index contributed by atoms with van der Waals surface area (Å²) in [7, 11) is 0. The van der Waals surface area contributed by atoms with Crippen LogP contribution in [-0.4, -0.2) is 17.7 Å². The van der Waals surface area contributed by atoms with Crippen molar-refractivity contribution in [2.75, 3.05) is 0 Å². The molecular weight excluding hydrogens is 154 g/mol. The van der Waals surface area contributed by atoms with E-state index in [0.717, 1.165) is 0 Å². The molecule has 0 heterocycles. The average Bonchev–Trinajstić information content (AvgIpc) is 1.63. The Hall–Kier alpha value is -1.47. The molecule has 0 aliphatic rings. The minimum atomic E-state index is -1.78. The lowest BCUT2D eigenvalue weighted by molar-refractivity contribution is -0.306. The average molecular weight is 165 g/mol. The van der Waals surface area contributed by atoms with Gasteiger partial charge in [0.15, 0.2) is 0 Å². The number of aliphatic carboxylic acids is 2. The second kappa shape index (κ2) is 6.65. The quantitative estimate of drug-likeness (QED) is 0.396. The molecule has 0 aliphatic heterocycles. The highest BCUT2D eigenvalue weighted by atomic mass is 16.4. The Bertz CT molecular complexity index is 167. The molecule has 11 heavy (non-hydrogen) atoms. The Morgan fingerprint density at radius 3 is 1.64 bits per heavy atom. The Balaban J connectivity index is -0.000000320. The van der Waals surface area contributed by atoms with E-state index in [1.54, 1.807) is 0 Å². The molecule has 0 aromatic carbocycles. The first kappa shape index (κ1) is 16.3. The molecular formula is C4H11N3O4. The normalized spacial score (nSPS) is 6.91. The highest BCUT2D eigenvalue weighted by Gasteiger charge is 1.95. The van der Waals surface area contributed by atoms with Crippen LogP contribution in [0.3, 0.4) is 0 Å². The summed E-state index contributed by atoms with van der Waals surface area (Å²) in [4.78, 5) is 19.2. The second-order valence-electron chi connectivity index (χ2n) is 1.31. The van der Waals surface area contributed by atoms with E-state index < -0.39 is 24.1 Å². The van der Waals surface area contributed by atoms with Gasteiger partial charge in [0.05, 0.1) is 11.7 Å². The number of rotatable bonds is 3. The molecule has 0 fully saturated rings. The third kappa shape index (κ3) is 8.53. The highest BCUT2D eigenvalue weighted by molar-refractivity contribution is 6.36. The fraction of sp³-hybridized carbons (Fsp3) is 0.250. The van der Waals surface area contributed by atoms with Crippen molar-refractivity contribution in [2.24, 2.45) is 0 Å². The van der Waals surface area contributed by atoms with Crippen molar-refractivity contribution in [1.82, 2.24) is 12.3 Å². The van der Waals surface area contributed by atoms with Crippen molar-refractivity contribution in [3.63, 3.8) is 0 Å². The number of hydrogen-bond donors (Lipinski definition) is 3. The van der Waals surface area contributed by atoms with Gasteiger partial charge in [-0.3, -0.25) is 0 Å². The van der Waals surface area contributed by atoms with E-state index in [0.29, 0.717) is 0 Å². The van der Waals surface area contributed by atoms with Crippen LogP contribution in [-0.2, 0) is 9.59 Å². The van der Waals surface area contributed by atoms with Gasteiger partial charge in [0.25, 0.3) is 0 Å². The summed E-state index contributed by atoms with van der Waals surface area (Å²) in [6.07, 6.45) is -0.900. The molecule has 0 aliphatic carbocycles. The lowest BCUT2D eigenvalue weighted by Crippen LogP contribution is -2.35. The number of carbonyl (C=O) groups is 2. The van der Waals surface area contributed by atoms with Crippen LogP contribution in [0.25, 0.3) is 0 Å². The summed E-state index contributed by atoms with van der Waals surface area (Å²) in [6.45, 7) is 0. The zero-order chi connectivity index (χ0) is 7.44. The van der Waals surface area contributed by atoms with Gasteiger partial charge in [-0.15, -0.1) is 0 Å². The van der Waals surface area contributed by atoms with Crippen molar-refractivity contribution >= 4 is 17.7 Å². The number of carboxylic acids is 2. The van der Waals surface area contributed by atoms with Gasteiger partial charge in [0.1, 0.15) is 0 Å². The number of nitrogens with one attached hydrogen (secondary N) is 1. The molecule has 66 valence electrons. The van der Waals surface area contributed by atoms with Gasteiger partial charge in [-0.25, -0.2) is 0 Å².